The summed E-state index contributed by atoms with van der Waals surface area (Å²) in [4.78, 5) is 24.0. The van der Waals surface area contributed by atoms with Crippen LogP contribution < -0.4 is 0 Å². The minimum Gasteiger partial charge on any atom is -0.396 e. The number of carbonyl (C=O) groups excluding carboxylic acids is 1. The molecule has 0 heterocycles. The van der Waals surface area contributed by atoms with Crippen molar-refractivity contribution < 1.29 is 14.8 Å². The Morgan fingerprint density at radius 1 is 1.48 bits per heavy atom. The Hall–Kier alpha value is -2.21. The van der Waals surface area contributed by atoms with Crippen LogP contribution in [0.5, 0.6) is 0 Å². The van der Waals surface area contributed by atoms with Crippen LogP contribution in [0.2, 0.25) is 0 Å². The molecule has 0 atom stereocenters. The van der Waals surface area contributed by atoms with Crippen molar-refractivity contribution in [2.45, 2.75) is 26.3 Å². The molecule has 1 amide bonds. The van der Waals surface area contributed by atoms with Crippen LogP contribution in [0.25, 0.3) is 6.08 Å². The number of aliphatic hydroxyl groups excluding tert-OH is 1. The van der Waals surface area contributed by atoms with Crippen LogP contribution in [0.3, 0.4) is 0 Å². The average molecular weight is 292 g/mol. The molecule has 0 radical (unpaired) electrons. The number of benzene rings is 1. The van der Waals surface area contributed by atoms with E-state index >= 15 is 0 Å². The van der Waals surface area contributed by atoms with Crippen LogP contribution in [-0.2, 0) is 4.79 Å². The summed E-state index contributed by atoms with van der Waals surface area (Å²) in [6.07, 6.45) is 3.48. The Morgan fingerprint density at radius 2 is 2.19 bits per heavy atom. The Balaban J connectivity index is 2.80. The summed E-state index contributed by atoms with van der Waals surface area (Å²) < 4.78 is 0. The maximum atomic E-state index is 12.1. The predicted octanol–water partition coefficient (Wildman–Crippen LogP) is 2.23. The van der Waals surface area contributed by atoms with Gasteiger partial charge in [0.15, 0.2) is 0 Å². The molecule has 6 nitrogen and oxygen atoms in total. The second-order valence-electron chi connectivity index (χ2n) is 4.89. The highest BCUT2D eigenvalue weighted by Gasteiger charge is 2.13. The lowest BCUT2D eigenvalue weighted by atomic mass is 10.2. The molecule has 1 N–H and O–H groups in total. The highest BCUT2D eigenvalue weighted by atomic mass is 16.6. The predicted molar refractivity (Wildman–Crippen MR) is 80.7 cm³/mol. The van der Waals surface area contributed by atoms with Gasteiger partial charge in [0, 0.05) is 37.4 Å². The summed E-state index contributed by atoms with van der Waals surface area (Å²) in [7, 11) is 0. The molecule has 0 aliphatic carbocycles. The average Bonchev–Trinajstić information content (AvgIpc) is 2.45. The molecule has 0 bridgehead atoms. The van der Waals surface area contributed by atoms with Gasteiger partial charge in [-0.2, -0.15) is 0 Å². The molecule has 21 heavy (non-hydrogen) atoms. The molecule has 0 saturated heterocycles. The number of amides is 1. The first-order chi connectivity index (χ1) is 9.95. The van der Waals surface area contributed by atoms with Gasteiger partial charge in [0.25, 0.3) is 5.69 Å². The van der Waals surface area contributed by atoms with Crippen molar-refractivity contribution in [2.75, 3.05) is 13.2 Å². The van der Waals surface area contributed by atoms with E-state index in [1.807, 2.05) is 13.8 Å². The van der Waals surface area contributed by atoms with E-state index in [4.69, 9.17) is 5.11 Å². The number of carbonyl (C=O) groups is 1. The van der Waals surface area contributed by atoms with E-state index in [2.05, 4.69) is 0 Å². The summed E-state index contributed by atoms with van der Waals surface area (Å²) >= 11 is 0. The van der Waals surface area contributed by atoms with E-state index in [0.29, 0.717) is 18.5 Å². The zero-order valence-electron chi connectivity index (χ0n) is 12.2. The molecular weight excluding hydrogens is 272 g/mol. The number of rotatable bonds is 7. The highest BCUT2D eigenvalue weighted by Crippen LogP contribution is 2.14. The standard InChI is InChI=1S/C15H20N2O4/c1-12(2)16(9-4-10-18)15(19)8-7-13-5-3-6-14(11-13)17(20)21/h3,5-8,11-12,18H,4,9-10H2,1-2H3/b8-7+. The highest BCUT2D eigenvalue weighted by molar-refractivity contribution is 5.92. The number of aliphatic hydroxyl groups is 1. The van der Waals surface area contributed by atoms with Crippen molar-refractivity contribution in [3.05, 3.63) is 46.0 Å². The van der Waals surface area contributed by atoms with Gasteiger partial charge in [-0.05, 0) is 31.9 Å². The fraction of sp³-hybridized carbons (Fsp3) is 0.400. The maximum Gasteiger partial charge on any atom is 0.270 e. The SMILES string of the molecule is CC(C)N(CCCO)C(=O)/C=C/c1cccc([N+](=O)[O-])c1. The van der Waals surface area contributed by atoms with E-state index in [1.54, 1.807) is 23.1 Å². The molecule has 0 unspecified atom stereocenters. The van der Waals surface area contributed by atoms with E-state index < -0.39 is 4.92 Å². The second kappa shape index (κ2) is 8.16. The van der Waals surface area contributed by atoms with E-state index in [9.17, 15) is 14.9 Å². The number of nitro benzene ring substituents is 1. The van der Waals surface area contributed by atoms with E-state index in [1.165, 1.54) is 18.2 Å². The van der Waals surface area contributed by atoms with Crippen LogP contribution in [-0.4, -0.2) is 40.0 Å². The Labute approximate surface area is 123 Å². The Kier molecular flexibility index (Phi) is 6.55. The lowest BCUT2D eigenvalue weighted by Crippen LogP contribution is -2.36. The summed E-state index contributed by atoms with van der Waals surface area (Å²) in [5.41, 5.74) is 0.592. The summed E-state index contributed by atoms with van der Waals surface area (Å²) in [5.74, 6) is -0.176. The van der Waals surface area contributed by atoms with Crippen LogP contribution in [0.15, 0.2) is 30.3 Å². The topological polar surface area (TPSA) is 83.7 Å². The van der Waals surface area contributed by atoms with Gasteiger partial charge in [0.2, 0.25) is 5.91 Å². The number of hydrogen-bond donors (Lipinski definition) is 1. The number of nitrogens with zero attached hydrogens (tertiary/aromatic N) is 2. The number of nitro groups is 1. The van der Waals surface area contributed by atoms with Crippen LogP contribution in [0.1, 0.15) is 25.8 Å². The first kappa shape index (κ1) is 16.8. The maximum absolute atomic E-state index is 12.1. The fourth-order valence-corrected chi connectivity index (χ4v) is 1.87. The van der Waals surface area contributed by atoms with Gasteiger partial charge in [-0.1, -0.05) is 12.1 Å². The molecule has 0 aliphatic rings. The largest absolute Gasteiger partial charge is 0.396 e. The number of hydrogen-bond acceptors (Lipinski definition) is 4. The lowest BCUT2D eigenvalue weighted by molar-refractivity contribution is -0.384. The minimum absolute atomic E-state index is 0.00871. The molecular formula is C15H20N2O4. The zero-order chi connectivity index (χ0) is 15.8. The van der Waals surface area contributed by atoms with Crippen molar-refractivity contribution in [1.29, 1.82) is 0 Å². The molecule has 0 aromatic heterocycles. The van der Waals surface area contributed by atoms with Crippen LogP contribution in [0, 0.1) is 10.1 Å². The van der Waals surface area contributed by atoms with Gasteiger partial charge in [-0.3, -0.25) is 14.9 Å². The first-order valence-corrected chi connectivity index (χ1v) is 6.79. The third-order valence-corrected chi connectivity index (χ3v) is 2.96. The quantitative estimate of drug-likeness (QED) is 0.474. The normalized spacial score (nSPS) is 11.0. The first-order valence-electron chi connectivity index (χ1n) is 6.79. The molecule has 1 rings (SSSR count). The van der Waals surface area contributed by atoms with Crippen molar-refractivity contribution in [3.8, 4) is 0 Å². The van der Waals surface area contributed by atoms with E-state index in [0.717, 1.165) is 0 Å². The molecule has 0 fully saturated rings. The molecule has 1 aromatic rings. The van der Waals surface area contributed by atoms with Gasteiger partial charge >= 0.3 is 0 Å². The van der Waals surface area contributed by atoms with Crippen molar-refractivity contribution in [3.63, 3.8) is 0 Å². The Morgan fingerprint density at radius 3 is 2.76 bits per heavy atom. The minimum atomic E-state index is -0.471. The summed E-state index contributed by atoms with van der Waals surface area (Å²) in [6.45, 7) is 4.31. The van der Waals surface area contributed by atoms with Gasteiger partial charge in [-0.25, -0.2) is 0 Å². The van der Waals surface area contributed by atoms with Crippen LogP contribution in [0.4, 0.5) is 5.69 Å². The lowest BCUT2D eigenvalue weighted by Gasteiger charge is -2.25. The van der Waals surface area contributed by atoms with E-state index in [-0.39, 0.29) is 24.2 Å². The molecule has 0 saturated carbocycles. The smallest absolute Gasteiger partial charge is 0.270 e. The van der Waals surface area contributed by atoms with Gasteiger partial charge in [0.1, 0.15) is 0 Å². The van der Waals surface area contributed by atoms with Crippen molar-refractivity contribution >= 4 is 17.7 Å². The van der Waals surface area contributed by atoms with Gasteiger partial charge in [0.05, 0.1) is 4.92 Å². The molecule has 0 spiro atoms. The number of non-ortho nitro benzene ring substituents is 1. The van der Waals surface area contributed by atoms with Gasteiger partial charge < -0.3 is 10.0 Å². The molecule has 114 valence electrons. The third-order valence-electron chi connectivity index (χ3n) is 2.96. The molecule has 1 aromatic carbocycles. The van der Waals surface area contributed by atoms with Gasteiger partial charge in [-0.15, -0.1) is 0 Å². The van der Waals surface area contributed by atoms with Crippen LogP contribution >= 0.6 is 0 Å². The summed E-state index contributed by atoms with van der Waals surface area (Å²) in [5, 5.41) is 19.5. The Bertz CT molecular complexity index is 526. The second-order valence-corrected chi connectivity index (χ2v) is 4.89. The third kappa shape index (κ3) is 5.35. The zero-order valence-corrected chi connectivity index (χ0v) is 12.2. The summed E-state index contributed by atoms with van der Waals surface area (Å²) in [6, 6.07) is 6.12. The molecule has 6 heteroatoms. The fourth-order valence-electron chi connectivity index (χ4n) is 1.87. The van der Waals surface area contributed by atoms with Crippen molar-refractivity contribution in [1.82, 2.24) is 4.90 Å². The monoisotopic (exact) mass is 292 g/mol. The molecule has 0 aliphatic heterocycles. The van der Waals surface area contributed by atoms with Crippen molar-refractivity contribution in [2.24, 2.45) is 0 Å².